The second-order valence-electron chi connectivity index (χ2n) is 3.27. The first-order valence-electron chi connectivity index (χ1n) is 4.68. The van der Waals surface area contributed by atoms with E-state index in [2.05, 4.69) is 0 Å². The van der Waals surface area contributed by atoms with Crippen molar-refractivity contribution in [2.45, 2.75) is 0 Å². The van der Waals surface area contributed by atoms with E-state index in [1.807, 2.05) is 0 Å². The van der Waals surface area contributed by atoms with Crippen LogP contribution in [0.1, 0.15) is 0 Å². The average Bonchev–Trinajstić information content (AvgIpc) is 2.28. The van der Waals surface area contributed by atoms with E-state index in [9.17, 15) is 5.11 Å². The lowest BCUT2D eigenvalue weighted by Crippen LogP contribution is -1.86. The number of hydrogen-bond acceptors (Lipinski definition) is 2. The number of rotatable bonds is 2. The molecule has 2 aromatic carbocycles. The summed E-state index contributed by atoms with van der Waals surface area (Å²) in [5, 5.41) is 10.7. The molecule has 0 aliphatic rings. The molecule has 2 nitrogen and oxygen atoms in total. The molecule has 0 aliphatic heterocycles. The maximum Gasteiger partial charge on any atom is 0.169 e. The quantitative estimate of drug-likeness (QED) is 0.829. The Morgan fingerprint density at radius 2 is 1.71 bits per heavy atom. The van der Waals surface area contributed by atoms with E-state index >= 15 is 0 Å². The average molecular weight is 290 g/mol. The third-order valence-corrected chi connectivity index (χ3v) is 3.09. The lowest BCUT2D eigenvalue weighted by atomic mass is 10.3. The van der Waals surface area contributed by atoms with Crippen molar-refractivity contribution in [2.75, 3.05) is 0 Å². The van der Waals surface area contributed by atoms with E-state index in [1.54, 1.807) is 30.3 Å². The maximum atomic E-state index is 9.63. The van der Waals surface area contributed by atoms with Gasteiger partial charge in [0.25, 0.3) is 0 Å². The highest BCUT2D eigenvalue weighted by Crippen LogP contribution is 2.38. The van der Waals surface area contributed by atoms with Crippen LogP contribution in [0.2, 0.25) is 15.1 Å². The van der Waals surface area contributed by atoms with E-state index in [0.29, 0.717) is 20.8 Å². The summed E-state index contributed by atoms with van der Waals surface area (Å²) >= 11 is 17.5. The van der Waals surface area contributed by atoms with Crippen LogP contribution < -0.4 is 4.74 Å². The van der Waals surface area contributed by atoms with E-state index in [1.165, 1.54) is 6.07 Å². The molecular formula is C12H7Cl3O2. The molecule has 0 unspecified atom stereocenters. The molecule has 0 bridgehead atoms. The minimum Gasteiger partial charge on any atom is -0.504 e. The van der Waals surface area contributed by atoms with Crippen molar-refractivity contribution < 1.29 is 9.84 Å². The zero-order valence-corrected chi connectivity index (χ0v) is 10.7. The number of ether oxygens (including phenoxy) is 1. The number of halogens is 3. The zero-order chi connectivity index (χ0) is 12.4. The van der Waals surface area contributed by atoms with Gasteiger partial charge in [0.2, 0.25) is 0 Å². The molecule has 88 valence electrons. The van der Waals surface area contributed by atoms with Crippen LogP contribution in [0, 0.1) is 0 Å². The molecule has 5 heteroatoms. The Morgan fingerprint density at radius 1 is 0.941 bits per heavy atom. The van der Waals surface area contributed by atoms with Gasteiger partial charge in [-0.1, -0.05) is 40.9 Å². The standard InChI is InChI=1S/C12H7Cl3O2/c13-7-4-5-10(9(16)6-7)17-11-3-1-2-8(14)12(11)15/h1-6,16H. The Hall–Kier alpha value is -1.09. The van der Waals surface area contributed by atoms with Crippen molar-refractivity contribution in [3.8, 4) is 17.2 Å². The van der Waals surface area contributed by atoms with Gasteiger partial charge in [0.15, 0.2) is 11.5 Å². The SMILES string of the molecule is Oc1cc(Cl)ccc1Oc1cccc(Cl)c1Cl. The van der Waals surface area contributed by atoms with Crippen molar-refractivity contribution in [3.05, 3.63) is 51.5 Å². The zero-order valence-electron chi connectivity index (χ0n) is 8.45. The molecule has 0 heterocycles. The van der Waals surface area contributed by atoms with E-state index < -0.39 is 0 Å². The monoisotopic (exact) mass is 288 g/mol. The summed E-state index contributed by atoms with van der Waals surface area (Å²) in [5.41, 5.74) is 0. The largest absolute Gasteiger partial charge is 0.504 e. The number of phenolic OH excluding ortho intramolecular Hbond substituents is 1. The Labute approximate surface area is 113 Å². The van der Waals surface area contributed by atoms with Gasteiger partial charge in [-0.05, 0) is 24.3 Å². The van der Waals surface area contributed by atoms with Crippen LogP contribution in [0.15, 0.2) is 36.4 Å². The van der Waals surface area contributed by atoms with Crippen molar-refractivity contribution in [1.82, 2.24) is 0 Å². The van der Waals surface area contributed by atoms with Crippen molar-refractivity contribution >= 4 is 34.8 Å². The van der Waals surface area contributed by atoms with E-state index in [4.69, 9.17) is 39.5 Å². The minimum absolute atomic E-state index is 0.0615. The minimum atomic E-state index is -0.0615. The first kappa shape index (κ1) is 12.4. The lowest BCUT2D eigenvalue weighted by Gasteiger charge is -2.09. The Bertz CT molecular complexity index is 555. The van der Waals surface area contributed by atoms with Gasteiger partial charge in [0.05, 0.1) is 5.02 Å². The summed E-state index contributed by atoms with van der Waals surface area (Å²) in [6.45, 7) is 0. The molecular weight excluding hydrogens is 282 g/mol. The predicted octanol–water partition coefficient (Wildman–Crippen LogP) is 5.14. The van der Waals surface area contributed by atoms with Gasteiger partial charge in [-0.3, -0.25) is 0 Å². The van der Waals surface area contributed by atoms with Crippen LogP contribution in [0.4, 0.5) is 0 Å². The summed E-state index contributed by atoms with van der Waals surface area (Å²) in [7, 11) is 0. The van der Waals surface area contributed by atoms with E-state index in [0.717, 1.165) is 0 Å². The van der Waals surface area contributed by atoms with Crippen molar-refractivity contribution in [2.24, 2.45) is 0 Å². The molecule has 0 aliphatic carbocycles. The maximum absolute atomic E-state index is 9.63. The first-order chi connectivity index (χ1) is 8.08. The van der Waals surface area contributed by atoms with Crippen LogP contribution >= 0.6 is 34.8 Å². The van der Waals surface area contributed by atoms with Crippen LogP contribution in [-0.2, 0) is 0 Å². The second kappa shape index (κ2) is 5.05. The second-order valence-corrected chi connectivity index (χ2v) is 4.49. The molecule has 0 fully saturated rings. The summed E-state index contributed by atoms with van der Waals surface area (Å²) in [5.74, 6) is 0.573. The first-order valence-corrected chi connectivity index (χ1v) is 5.81. The smallest absolute Gasteiger partial charge is 0.169 e. The van der Waals surface area contributed by atoms with Gasteiger partial charge >= 0.3 is 0 Å². The molecule has 17 heavy (non-hydrogen) atoms. The molecule has 2 aromatic rings. The molecule has 0 radical (unpaired) electrons. The third kappa shape index (κ3) is 2.78. The summed E-state index contributed by atoms with van der Waals surface area (Å²) in [4.78, 5) is 0. The fourth-order valence-electron chi connectivity index (χ4n) is 1.26. The molecule has 1 N–H and O–H groups in total. The van der Waals surface area contributed by atoms with Crippen LogP contribution in [0.3, 0.4) is 0 Å². The van der Waals surface area contributed by atoms with Crippen molar-refractivity contribution in [1.29, 1.82) is 0 Å². The highest BCUT2D eigenvalue weighted by atomic mass is 35.5. The number of phenols is 1. The van der Waals surface area contributed by atoms with Gasteiger partial charge in [-0.15, -0.1) is 0 Å². The van der Waals surface area contributed by atoms with Gasteiger partial charge < -0.3 is 9.84 Å². The normalized spacial score (nSPS) is 10.3. The van der Waals surface area contributed by atoms with Gasteiger partial charge in [0, 0.05) is 11.1 Å². The third-order valence-electron chi connectivity index (χ3n) is 2.06. The molecule has 0 saturated carbocycles. The molecule has 0 aromatic heterocycles. The topological polar surface area (TPSA) is 29.5 Å². The van der Waals surface area contributed by atoms with Gasteiger partial charge in [0.1, 0.15) is 10.8 Å². The lowest BCUT2D eigenvalue weighted by molar-refractivity contribution is 0.411. The summed E-state index contributed by atoms with van der Waals surface area (Å²) < 4.78 is 5.45. The molecule has 0 spiro atoms. The van der Waals surface area contributed by atoms with E-state index in [-0.39, 0.29) is 11.5 Å². The Kier molecular flexibility index (Phi) is 3.67. The van der Waals surface area contributed by atoms with Crippen LogP contribution in [0.25, 0.3) is 0 Å². The molecule has 2 rings (SSSR count). The van der Waals surface area contributed by atoms with Crippen LogP contribution in [0.5, 0.6) is 17.2 Å². The number of aromatic hydroxyl groups is 1. The highest BCUT2D eigenvalue weighted by molar-refractivity contribution is 6.42. The molecule has 0 atom stereocenters. The molecule has 0 amide bonds. The number of hydrogen-bond donors (Lipinski definition) is 1. The highest BCUT2D eigenvalue weighted by Gasteiger charge is 2.09. The fraction of sp³-hybridized carbons (Fsp3) is 0. The Balaban J connectivity index is 2.35. The molecule has 0 saturated heterocycles. The van der Waals surface area contributed by atoms with Crippen LogP contribution in [-0.4, -0.2) is 5.11 Å². The number of benzene rings is 2. The van der Waals surface area contributed by atoms with Crippen molar-refractivity contribution in [3.63, 3.8) is 0 Å². The fourth-order valence-corrected chi connectivity index (χ4v) is 1.75. The summed E-state index contributed by atoms with van der Waals surface area (Å²) in [6.07, 6.45) is 0. The summed E-state index contributed by atoms with van der Waals surface area (Å²) in [6, 6.07) is 9.55. The van der Waals surface area contributed by atoms with Gasteiger partial charge in [-0.25, -0.2) is 0 Å². The van der Waals surface area contributed by atoms with Gasteiger partial charge in [-0.2, -0.15) is 0 Å². The predicted molar refractivity (Wildman–Crippen MR) is 69.7 cm³/mol. The Morgan fingerprint density at radius 3 is 2.41 bits per heavy atom.